The zero-order valence-corrected chi connectivity index (χ0v) is 15.2. The smallest absolute Gasteiger partial charge is 0.0886 e. The van der Waals surface area contributed by atoms with Crippen molar-refractivity contribution in [1.82, 2.24) is 9.80 Å². The Morgan fingerprint density at radius 2 is 1.00 bits per heavy atom. The van der Waals surface area contributed by atoms with E-state index in [0.717, 1.165) is 0 Å². The molecule has 0 aliphatic carbocycles. The van der Waals surface area contributed by atoms with Crippen LogP contribution >= 0.6 is 0 Å². The van der Waals surface area contributed by atoms with Crippen molar-refractivity contribution in [2.45, 2.75) is 44.7 Å². The molecule has 132 valence electrons. The molecule has 2 fully saturated rings. The van der Waals surface area contributed by atoms with Gasteiger partial charge in [-0.15, -0.1) is 0 Å². The highest BCUT2D eigenvalue weighted by molar-refractivity contribution is 5.63. The van der Waals surface area contributed by atoms with Crippen molar-refractivity contribution in [3.63, 3.8) is 0 Å². The third-order valence-corrected chi connectivity index (χ3v) is 5.79. The first-order chi connectivity index (χ1) is 12.4. The van der Waals surface area contributed by atoms with Crippen LogP contribution in [0.1, 0.15) is 50.3 Å². The Kier molecular flexibility index (Phi) is 5.49. The van der Waals surface area contributed by atoms with Crippen LogP contribution in [0.4, 0.5) is 0 Å². The molecule has 2 saturated heterocycles. The topological polar surface area (TPSA) is 6.48 Å². The fourth-order valence-electron chi connectivity index (χ4n) is 4.46. The molecule has 0 saturated carbocycles. The van der Waals surface area contributed by atoms with Crippen LogP contribution in [0.5, 0.6) is 0 Å². The molecule has 2 heterocycles. The number of benzene rings is 2. The van der Waals surface area contributed by atoms with E-state index in [4.69, 9.17) is 0 Å². The minimum atomic E-state index is 0.477. The summed E-state index contributed by atoms with van der Waals surface area (Å²) in [4.78, 5) is 5.46. The van der Waals surface area contributed by atoms with Crippen LogP contribution in [0, 0.1) is 0 Å². The van der Waals surface area contributed by atoms with E-state index in [-0.39, 0.29) is 0 Å². The van der Waals surface area contributed by atoms with E-state index in [9.17, 15) is 0 Å². The summed E-state index contributed by atoms with van der Waals surface area (Å²) in [6.45, 7) is 5.01. The molecule has 2 heteroatoms. The fraction of sp³-hybridized carbons (Fsp3) is 0.478. The van der Waals surface area contributed by atoms with Crippen molar-refractivity contribution in [1.29, 1.82) is 0 Å². The summed E-state index contributed by atoms with van der Waals surface area (Å²) < 4.78 is 0. The number of hydrogen-bond donors (Lipinski definition) is 0. The monoisotopic (exact) mass is 334 g/mol. The van der Waals surface area contributed by atoms with Gasteiger partial charge in [0.1, 0.15) is 0 Å². The van der Waals surface area contributed by atoms with E-state index >= 15 is 0 Å². The van der Waals surface area contributed by atoms with Gasteiger partial charge in [-0.1, -0.05) is 67.4 Å². The van der Waals surface area contributed by atoms with E-state index in [1.165, 1.54) is 81.4 Å². The van der Waals surface area contributed by atoms with E-state index < -0.39 is 0 Å². The number of likely N-dealkylation sites (tertiary alicyclic amines) is 2. The van der Waals surface area contributed by atoms with Gasteiger partial charge in [-0.25, -0.2) is 0 Å². The lowest BCUT2D eigenvalue weighted by Gasteiger charge is -2.43. The largest absolute Gasteiger partial charge is 0.284 e. The Morgan fingerprint density at radius 3 is 1.52 bits per heavy atom. The summed E-state index contributed by atoms with van der Waals surface area (Å²) >= 11 is 0. The molecule has 0 amide bonds. The van der Waals surface area contributed by atoms with Gasteiger partial charge in [0.25, 0.3) is 0 Å². The number of hydrogen-bond acceptors (Lipinski definition) is 2. The Hall–Kier alpha value is -1.64. The summed E-state index contributed by atoms with van der Waals surface area (Å²) in [7, 11) is 0. The summed E-state index contributed by atoms with van der Waals surface area (Å²) in [6, 6.07) is 20.1. The van der Waals surface area contributed by atoms with Crippen LogP contribution in [0.3, 0.4) is 0 Å². The second-order valence-corrected chi connectivity index (χ2v) is 7.55. The van der Waals surface area contributed by atoms with Crippen molar-refractivity contribution >= 4 is 0 Å². The molecule has 0 atom stereocenters. The maximum absolute atomic E-state index is 2.73. The fourth-order valence-corrected chi connectivity index (χ4v) is 4.46. The maximum atomic E-state index is 2.73. The molecule has 2 nitrogen and oxygen atoms in total. The molecule has 4 rings (SSSR count). The zero-order valence-electron chi connectivity index (χ0n) is 15.2. The van der Waals surface area contributed by atoms with Crippen molar-refractivity contribution in [3.05, 3.63) is 60.2 Å². The Morgan fingerprint density at radius 1 is 0.520 bits per heavy atom. The van der Waals surface area contributed by atoms with Crippen molar-refractivity contribution < 1.29 is 0 Å². The van der Waals surface area contributed by atoms with Gasteiger partial charge < -0.3 is 0 Å². The highest BCUT2D eigenvalue weighted by Crippen LogP contribution is 2.31. The molecular formula is C23H30N2. The van der Waals surface area contributed by atoms with Crippen LogP contribution < -0.4 is 0 Å². The third-order valence-electron chi connectivity index (χ3n) is 5.79. The molecule has 0 radical (unpaired) electrons. The van der Waals surface area contributed by atoms with E-state index in [1.54, 1.807) is 0 Å². The Bertz CT molecular complexity index is 620. The molecule has 0 aromatic heterocycles. The molecule has 2 aromatic carbocycles. The van der Waals surface area contributed by atoms with E-state index in [2.05, 4.69) is 64.4 Å². The van der Waals surface area contributed by atoms with E-state index in [1.807, 2.05) is 0 Å². The predicted molar refractivity (Wildman–Crippen MR) is 105 cm³/mol. The molecule has 2 aliphatic heterocycles. The van der Waals surface area contributed by atoms with Gasteiger partial charge in [-0.2, -0.15) is 0 Å². The first-order valence-corrected chi connectivity index (χ1v) is 10.1. The molecule has 2 aliphatic rings. The van der Waals surface area contributed by atoms with Crippen LogP contribution in [0.2, 0.25) is 0 Å². The van der Waals surface area contributed by atoms with Gasteiger partial charge in [-0.05, 0) is 68.6 Å². The Labute approximate surface area is 152 Å². The van der Waals surface area contributed by atoms with Crippen LogP contribution in [-0.2, 0) is 0 Å². The second kappa shape index (κ2) is 8.16. The number of rotatable bonds is 4. The molecule has 25 heavy (non-hydrogen) atoms. The highest BCUT2D eigenvalue weighted by atomic mass is 15.4. The molecule has 0 bridgehead atoms. The minimum Gasteiger partial charge on any atom is -0.284 e. The zero-order chi connectivity index (χ0) is 16.9. The maximum Gasteiger partial charge on any atom is 0.0886 e. The van der Waals surface area contributed by atoms with Crippen molar-refractivity contribution in [3.8, 4) is 11.1 Å². The molecular weight excluding hydrogens is 304 g/mol. The van der Waals surface area contributed by atoms with Crippen molar-refractivity contribution in [2.24, 2.45) is 0 Å². The van der Waals surface area contributed by atoms with Crippen molar-refractivity contribution in [2.75, 3.05) is 26.2 Å². The highest BCUT2D eigenvalue weighted by Gasteiger charge is 2.28. The molecule has 2 aromatic rings. The lowest BCUT2D eigenvalue weighted by atomic mass is 9.99. The lowest BCUT2D eigenvalue weighted by Crippen LogP contribution is -2.45. The standard InChI is InChI=1S/C23H30N2/c1-4-10-20(11-5-1)21-12-14-22(15-13-21)23(24-16-6-2-7-17-24)25-18-8-3-9-19-25/h1,4-5,10-15,23H,2-3,6-9,16-19H2. The SMILES string of the molecule is c1ccc(-c2ccc(C(N3CCCCC3)N3CCCCC3)cc2)cc1. The molecule has 0 unspecified atom stereocenters. The summed E-state index contributed by atoms with van der Waals surface area (Å²) in [5.41, 5.74) is 4.10. The van der Waals surface area contributed by atoms with Crippen LogP contribution in [-0.4, -0.2) is 36.0 Å². The van der Waals surface area contributed by atoms with Gasteiger partial charge in [0.2, 0.25) is 0 Å². The van der Waals surface area contributed by atoms with Crippen LogP contribution in [0.15, 0.2) is 54.6 Å². The number of nitrogens with zero attached hydrogens (tertiary/aromatic N) is 2. The van der Waals surface area contributed by atoms with Gasteiger partial charge >= 0.3 is 0 Å². The Balaban J connectivity index is 1.59. The summed E-state index contributed by atoms with van der Waals surface area (Å²) in [6.07, 6.45) is 8.69. The predicted octanol–water partition coefficient (Wildman–Crippen LogP) is 5.32. The third kappa shape index (κ3) is 3.96. The first-order valence-electron chi connectivity index (χ1n) is 10.1. The average molecular weight is 335 g/mol. The normalized spacial score (nSPS) is 20.0. The quantitative estimate of drug-likeness (QED) is 0.746. The van der Waals surface area contributed by atoms with Gasteiger partial charge in [0.15, 0.2) is 0 Å². The van der Waals surface area contributed by atoms with E-state index in [0.29, 0.717) is 6.17 Å². The number of piperidine rings is 2. The molecule has 0 spiro atoms. The van der Waals surface area contributed by atoms with Gasteiger partial charge in [0, 0.05) is 0 Å². The second-order valence-electron chi connectivity index (χ2n) is 7.55. The minimum absolute atomic E-state index is 0.477. The molecule has 0 N–H and O–H groups in total. The van der Waals surface area contributed by atoms with Crippen LogP contribution in [0.25, 0.3) is 11.1 Å². The van der Waals surface area contributed by atoms with Gasteiger partial charge in [-0.3, -0.25) is 9.80 Å². The first kappa shape index (κ1) is 16.8. The summed E-state index contributed by atoms with van der Waals surface area (Å²) in [5.74, 6) is 0. The lowest BCUT2D eigenvalue weighted by molar-refractivity contribution is 0.0156. The summed E-state index contributed by atoms with van der Waals surface area (Å²) in [5, 5.41) is 0. The van der Waals surface area contributed by atoms with Gasteiger partial charge in [0.05, 0.1) is 6.17 Å². The average Bonchev–Trinajstić information content (AvgIpc) is 2.71.